The smallest absolute Gasteiger partial charge is 0.0952 e. The third kappa shape index (κ3) is 2.00. The van der Waals surface area contributed by atoms with E-state index in [0.29, 0.717) is 6.04 Å². The molecule has 2 heterocycles. The molecule has 2 aliphatic heterocycles. The molecular weight excluding hydrogens is 198 g/mol. The van der Waals surface area contributed by atoms with E-state index in [9.17, 15) is 0 Å². The second-order valence-corrected chi connectivity index (χ2v) is 4.88. The number of fused-ring (bicyclic) bond motifs is 1. The quantitative estimate of drug-likeness (QED) is 0.717. The third-order valence-electron chi connectivity index (χ3n) is 3.81. The van der Waals surface area contributed by atoms with Crippen LogP contribution in [0.25, 0.3) is 0 Å². The zero-order chi connectivity index (χ0) is 10.8. The van der Waals surface area contributed by atoms with Gasteiger partial charge in [-0.3, -0.25) is 4.90 Å². The molecule has 2 atom stereocenters. The van der Waals surface area contributed by atoms with E-state index in [0.717, 1.165) is 13.2 Å². The highest BCUT2D eigenvalue weighted by Gasteiger charge is 2.30. The highest BCUT2D eigenvalue weighted by atomic mass is 16.5. The van der Waals surface area contributed by atoms with E-state index >= 15 is 0 Å². The van der Waals surface area contributed by atoms with Crippen LogP contribution in [0.2, 0.25) is 0 Å². The van der Waals surface area contributed by atoms with Crippen molar-refractivity contribution in [1.29, 1.82) is 0 Å². The Morgan fingerprint density at radius 2 is 2.00 bits per heavy atom. The van der Waals surface area contributed by atoms with E-state index in [1.54, 1.807) is 0 Å². The van der Waals surface area contributed by atoms with Gasteiger partial charge in [0.1, 0.15) is 0 Å². The van der Waals surface area contributed by atoms with E-state index in [1.165, 1.54) is 31.4 Å². The molecule has 0 unspecified atom stereocenters. The summed E-state index contributed by atoms with van der Waals surface area (Å²) in [5, 5.41) is 0. The monoisotopic (exact) mass is 217 g/mol. The van der Waals surface area contributed by atoms with E-state index in [1.807, 2.05) is 0 Å². The molecule has 0 amide bonds. The Labute approximate surface area is 97.2 Å². The van der Waals surface area contributed by atoms with E-state index < -0.39 is 0 Å². The maximum absolute atomic E-state index is 5.99. The molecule has 2 nitrogen and oxygen atoms in total. The molecule has 0 radical (unpaired) electrons. The summed E-state index contributed by atoms with van der Waals surface area (Å²) in [5.41, 5.74) is 1.33. The number of rotatable bonds is 1. The normalized spacial score (nSPS) is 31.0. The second-order valence-electron chi connectivity index (χ2n) is 4.88. The van der Waals surface area contributed by atoms with Gasteiger partial charge in [-0.1, -0.05) is 36.8 Å². The van der Waals surface area contributed by atoms with E-state index in [-0.39, 0.29) is 6.10 Å². The third-order valence-corrected chi connectivity index (χ3v) is 3.81. The van der Waals surface area contributed by atoms with Gasteiger partial charge in [-0.15, -0.1) is 0 Å². The Hall–Kier alpha value is -0.860. The molecule has 0 bridgehead atoms. The fourth-order valence-corrected chi connectivity index (χ4v) is 2.85. The molecule has 0 N–H and O–H groups in total. The van der Waals surface area contributed by atoms with Crippen molar-refractivity contribution >= 4 is 0 Å². The fourth-order valence-electron chi connectivity index (χ4n) is 2.85. The van der Waals surface area contributed by atoms with Crippen LogP contribution in [0.5, 0.6) is 0 Å². The number of hydrogen-bond acceptors (Lipinski definition) is 2. The molecule has 2 fully saturated rings. The zero-order valence-electron chi connectivity index (χ0n) is 9.64. The van der Waals surface area contributed by atoms with E-state index in [4.69, 9.17) is 4.74 Å². The molecule has 16 heavy (non-hydrogen) atoms. The van der Waals surface area contributed by atoms with Crippen LogP contribution in [0.1, 0.15) is 30.9 Å². The molecule has 0 spiro atoms. The summed E-state index contributed by atoms with van der Waals surface area (Å²) in [7, 11) is 0. The first-order valence-electron chi connectivity index (χ1n) is 6.34. The Balaban J connectivity index is 1.71. The fraction of sp³-hybridized carbons (Fsp3) is 0.571. The summed E-state index contributed by atoms with van der Waals surface area (Å²) in [6.07, 6.45) is 4.34. The molecule has 3 rings (SSSR count). The van der Waals surface area contributed by atoms with Crippen LogP contribution in [0.4, 0.5) is 0 Å². The Kier molecular flexibility index (Phi) is 2.94. The number of nitrogens with zero attached hydrogens (tertiary/aromatic N) is 1. The van der Waals surface area contributed by atoms with Crippen molar-refractivity contribution in [3.8, 4) is 0 Å². The predicted octanol–water partition coefficient (Wildman–Crippen LogP) is 2.61. The summed E-state index contributed by atoms with van der Waals surface area (Å²) >= 11 is 0. The van der Waals surface area contributed by atoms with Crippen LogP contribution in [0, 0.1) is 0 Å². The van der Waals surface area contributed by atoms with Crippen molar-refractivity contribution < 1.29 is 4.74 Å². The van der Waals surface area contributed by atoms with Gasteiger partial charge in [0.15, 0.2) is 0 Å². The van der Waals surface area contributed by atoms with Crippen molar-refractivity contribution in [2.24, 2.45) is 0 Å². The van der Waals surface area contributed by atoms with Gasteiger partial charge >= 0.3 is 0 Å². The summed E-state index contributed by atoms with van der Waals surface area (Å²) in [6, 6.07) is 11.3. The van der Waals surface area contributed by atoms with Gasteiger partial charge in [-0.2, -0.15) is 0 Å². The number of ether oxygens (including phenoxy) is 1. The first kappa shape index (κ1) is 10.3. The average molecular weight is 217 g/mol. The predicted molar refractivity (Wildman–Crippen MR) is 64.3 cm³/mol. The van der Waals surface area contributed by atoms with Crippen molar-refractivity contribution in [1.82, 2.24) is 4.90 Å². The highest BCUT2D eigenvalue weighted by molar-refractivity contribution is 5.18. The molecule has 2 heteroatoms. The van der Waals surface area contributed by atoms with Crippen LogP contribution in [0.3, 0.4) is 0 Å². The average Bonchev–Trinajstić information content (AvgIpc) is 2.39. The van der Waals surface area contributed by atoms with Crippen molar-refractivity contribution in [2.75, 3.05) is 19.7 Å². The first-order valence-corrected chi connectivity index (χ1v) is 6.34. The maximum Gasteiger partial charge on any atom is 0.0952 e. The zero-order valence-corrected chi connectivity index (χ0v) is 9.64. The van der Waals surface area contributed by atoms with Crippen LogP contribution in [-0.2, 0) is 4.74 Å². The molecule has 1 aromatic carbocycles. The summed E-state index contributed by atoms with van der Waals surface area (Å²) in [6.45, 7) is 3.26. The summed E-state index contributed by atoms with van der Waals surface area (Å²) in [4.78, 5) is 2.62. The lowest BCUT2D eigenvalue weighted by Crippen LogP contribution is -2.48. The van der Waals surface area contributed by atoms with E-state index in [2.05, 4.69) is 35.2 Å². The highest BCUT2D eigenvalue weighted by Crippen LogP contribution is 2.29. The minimum absolute atomic E-state index is 0.288. The van der Waals surface area contributed by atoms with Gasteiger partial charge in [0, 0.05) is 12.6 Å². The molecular formula is C14H19NO. The minimum Gasteiger partial charge on any atom is -0.371 e. The molecule has 0 saturated carbocycles. The van der Waals surface area contributed by atoms with Gasteiger partial charge in [0.2, 0.25) is 0 Å². The van der Waals surface area contributed by atoms with Crippen LogP contribution in [-0.4, -0.2) is 30.6 Å². The molecule has 0 aliphatic carbocycles. The van der Waals surface area contributed by atoms with Gasteiger partial charge in [0.05, 0.1) is 12.7 Å². The molecule has 2 aliphatic rings. The molecule has 0 aromatic heterocycles. The Bertz CT molecular complexity index is 338. The number of hydrogen-bond donors (Lipinski definition) is 0. The number of morpholine rings is 1. The second kappa shape index (κ2) is 4.56. The van der Waals surface area contributed by atoms with Gasteiger partial charge < -0.3 is 4.74 Å². The SMILES string of the molecule is c1ccc([C@@H]2CN3CCCC[C@@H]3CO2)cc1. The topological polar surface area (TPSA) is 12.5 Å². The van der Waals surface area contributed by atoms with Crippen LogP contribution < -0.4 is 0 Å². The number of piperidine rings is 1. The summed E-state index contributed by atoms with van der Waals surface area (Å²) < 4.78 is 5.99. The minimum atomic E-state index is 0.288. The lowest BCUT2D eigenvalue weighted by atomic mass is 9.98. The van der Waals surface area contributed by atoms with Crippen LogP contribution in [0.15, 0.2) is 30.3 Å². The Morgan fingerprint density at radius 1 is 1.12 bits per heavy atom. The molecule has 2 saturated heterocycles. The Morgan fingerprint density at radius 3 is 2.88 bits per heavy atom. The maximum atomic E-state index is 5.99. The van der Waals surface area contributed by atoms with Crippen molar-refractivity contribution in [3.63, 3.8) is 0 Å². The standard InChI is InChI=1S/C14H19NO/c1-2-6-12(7-3-1)14-10-15-9-5-4-8-13(15)11-16-14/h1-3,6-7,13-14H,4-5,8-11H2/t13-,14+/m1/s1. The van der Waals surface area contributed by atoms with Gasteiger partial charge in [0.25, 0.3) is 0 Å². The lowest BCUT2D eigenvalue weighted by molar-refractivity contribution is -0.0766. The molecule has 1 aromatic rings. The van der Waals surface area contributed by atoms with Crippen molar-refractivity contribution in [3.05, 3.63) is 35.9 Å². The number of benzene rings is 1. The van der Waals surface area contributed by atoms with Gasteiger partial charge in [-0.05, 0) is 24.9 Å². The summed E-state index contributed by atoms with van der Waals surface area (Å²) in [5.74, 6) is 0. The van der Waals surface area contributed by atoms with Gasteiger partial charge in [-0.25, -0.2) is 0 Å². The molecule has 86 valence electrons. The largest absolute Gasteiger partial charge is 0.371 e. The van der Waals surface area contributed by atoms with Crippen molar-refractivity contribution in [2.45, 2.75) is 31.4 Å². The lowest BCUT2D eigenvalue weighted by Gasteiger charge is -2.42. The van der Waals surface area contributed by atoms with Crippen LogP contribution >= 0.6 is 0 Å². The first-order chi connectivity index (χ1) is 7.93.